The van der Waals surface area contributed by atoms with E-state index in [1.54, 1.807) is 11.1 Å². The lowest BCUT2D eigenvalue weighted by Gasteiger charge is -2.62. The number of allylic oxidation sites excluding steroid dienone is 3. The highest BCUT2D eigenvalue weighted by Gasteiger charge is 2.64. The number of hydrogen-bond donors (Lipinski definition) is 2. The summed E-state index contributed by atoms with van der Waals surface area (Å²) in [5, 5.41) is 22.4. The second-order valence-electron chi connectivity index (χ2n) is 15.1. The van der Waals surface area contributed by atoms with Crippen LogP contribution in [0.15, 0.2) is 22.8 Å². The lowest BCUT2D eigenvalue weighted by atomic mass is 9.43. The molecule has 2 N–H and O–H groups in total. The highest BCUT2D eigenvalue weighted by molar-refractivity contribution is 5.66. The summed E-state index contributed by atoms with van der Waals surface area (Å²) in [6.07, 6.45) is 9.32. The number of rotatable bonds is 6. The normalized spacial score (nSPS) is 41.2. The molecule has 38 heavy (non-hydrogen) atoms. The standard InChI is InChI=1S/C34H56O4/c1-11-23(20(2)3)29(37)30(38-22(5)35)21(4)24-14-18-34(10)26-12-13-27-31(6,7)28(36)16-17-32(27,8)25(26)15-19-33(24,34)9/h11,20-21,24,27-30,36-37H,12-19H2,1-10H3/t21-,24+,27-,28-,29+,30-,32+,33+,34-/m0/s1. The highest BCUT2D eigenvalue weighted by Crippen LogP contribution is 2.72. The van der Waals surface area contributed by atoms with Crippen molar-refractivity contribution in [3.8, 4) is 0 Å². The molecule has 0 radical (unpaired) electrons. The van der Waals surface area contributed by atoms with Gasteiger partial charge in [-0.05, 0) is 109 Å². The summed E-state index contributed by atoms with van der Waals surface area (Å²) in [7, 11) is 0. The van der Waals surface area contributed by atoms with Gasteiger partial charge in [0.2, 0.25) is 0 Å². The molecule has 4 rings (SSSR count). The van der Waals surface area contributed by atoms with Crippen molar-refractivity contribution in [1.82, 2.24) is 0 Å². The molecule has 0 unspecified atom stereocenters. The fourth-order valence-corrected chi connectivity index (χ4v) is 10.5. The van der Waals surface area contributed by atoms with E-state index in [1.165, 1.54) is 13.3 Å². The van der Waals surface area contributed by atoms with E-state index in [9.17, 15) is 15.0 Å². The van der Waals surface area contributed by atoms with E-state index in [0.29, 0.717) is 11.8 Å². The average Bonchev–Trinajstić information content (AvgIpc) is 3.11. The molecule has 2 saturated carbocycles. The lowest BCUT2D eigenvalue weighted by Crippen LogP contribution is -2.55. The maximum atomic E-state index is 12.2. The Labute approximate surface area is 232 Å². The minimum atomic E-state index is -0.780. The maximum Gasteiger partial charge on any atom is 0.303 e. The predicted molar refractivity (Wildman–Crippen MR) is 154 cm³/mol. The molecular weight excluding hydrogens is 472 g/mol. The van der Waals surface area contributed by atoms with Gasteiger partial charge in [-0.3, -0.25) is 4.79 Å². The van der Waals surface area contributed by atoms with Gasteiger partial charge < -0.3 is 14.9 Å². The zero-order chi connectivity index (χ0) is 28.4. The molecule has 0 heterocycles. The lowest BCUT2D eigenvalue weighted by molar-refractivity contribution is -0.159. The van der Waals surface area contributed by atoms with Crippen molar-refractivity contribution in [2.24, 2.45) is 45.3 Å². The fraction of sp³-hybridized carbons (Fsp3) is 0.853. The first-order valence-electron chi connectivity index (χ1n) is 15.5. The molecule has 2 fully saturated rings. The predicted octanol–water partition coefficient (Wildman–Crippen LogP) is 7.63. The van der Waals surface area contributed by atoms with Crippen molar-refractivity contribution in [3.05, 3.63) is 22.8 Å². The van der Waals surface area contributed by atoms with Crippen molar-refractivity contribution in [2.75, 3.05) is 0 Å². The van der Waals surface area contributed by atoms with Crippen molar-refractivity contribution < 1.29 is 19.7 Å². The Balaban J connectivity index is 1.70. The summed E-state index contributed by atoms with van der Waals surface area (Å²) >= 11 is 0. The molecule has 0 aromatic carbocycles. The van der Waals surface area contributed by atoms with Gasteiger partial charge in [0, 0.05) is 6.92 Å². The third-order valence-electron chi connectivity index (χ3n) is 12.9. The SMILES string of the molecule is CC=C(C(C)C)[C@@H](O)[C@@H](OC(C)=O)[C@@H](C)[C@H]1CC[C@@]2(C)C3=C(CC[C@]12C)[C@@]1(C)CC[C@H](O)C(C)(C)[C@@H]1CC3. The molecule has 4 aliphatic rings. The zero-order valence-corrected chi connectivity index (χ0v) is 26.0. The van der Waals surface area contributed by atoms with Gasteiger partial charge in [0.15, 0.2) is 0 Å². The molecule has 216 valence electrons. The molecule has 0 spiro atoms. The second-order valence-corrected chi connectivity index (χ2v) is 15.1. The van der Waals surface area contributed by atoms with Gasteiger partial charge in [0.25, 0.3) is 0 Å². The summed E-state index contributed by atoms with van der Waals surface area (Å²) in [4.78, 5) is 12.2. The minimum Gasteiger partial charge on any atom is -0.459 e. The van der Waals surface area contributed by atoms with Crippen LogP contribution in [0.5, 0.6) is 0 Å². The number of fused-ring (bicyclic) bond motifs is 4. The summed E-state index contributed by atoms with van der Waals surface area (Å²) in [5.41, 5.74) is 4.75. The van der Waals surface area contributed by atoms with Crippen molar-refractivity contribution in [2.45, 2.75) is 139 Å². The van der Waals surface area contributed by atoms with E-state index >= 15 is 0 Å². The van der Waals surface area contributed by atoms with Crippen LogP contribution < -0.4 is 0 Å². The quantitative estimate of drug-likeness (QED) is 0.275. The molecule has 4 heteroatoms. The molecule has 4 aliphatic carbocycles. The molecule has 0 aliphatic heterocycles. The Kier molecular flexibility index (Phi) is 7.89. The fourth-order valence-electron chi connectivity index (χ4n) is 10.5. The van der Waals surface area contributed by atoms with E-state index in [1.807, 2.05) is 13.0 Å². The summed E-state index contributed by atoms with van der Waals surface area (Å²) in [6.45, 7) is 22.0. The van der Waals surface area contributed by atoms with Crippen LogP contribution in [0.25, 0.3) is 0 Å². The molecule has 0 amide bonds. The Morgan fingerprint density at radius 2 is 1.63 bits per heavy atom. The van der Waals surface area contributed by atoms with Crippen LogP contribution in [0.3, 0.4) is 0 Å². The van der Waals surface area contributed by atoms with Crippen LogP contribution >= 0.6 is 0 Å². The van der Waals surface area contributed by atoms with Crippen molar-refractivity contribution in [1.29, 1.82) is 0 Å². The van der Waals surface area contributed by atoms with Gasteiger partial charge in [-0.1, -0.05) is 72.6 Å². The van der Waals surface area contributed by atoms with Crippen LogP contribution in [0, 0.1) is 45.3 Å². The van der Waals surface area contributed by atoms with Crippen LogP contribution in [-0.4, -0.2) is 34.5 Å². The summed E-state index contributed by atoms with van der Waals surface area (Å²) < 4.78 is 5.94. The second kappa shape index (κ2) is 10.1. The van der Waals surface area contributed by atoms with E-state index < -0.39 is 12.2 Å². The van der Waals surface area contributed by atoms with E-state index in [2.05, 4.69) is 55.4 Å². The Morgan fingerprint density at radius 3 is 2.21 bits per heavy atom. The van der Waals surface area contributed by atoms with E-state index in [4.69, 9.17) is 4.74 Å². The van der Waals surface area contributed by atoms with E-state index in [0.717, 1.165) is 50.5 Å². The number of carbonyl (C=O) groups is 1. The van der Waals surface area contributed by atoms with Gasteiger partial charge in [0.05, 0.1) is 6.10 Å². The van der Waals surface area contributed by atoms with Gasteiger partial charge in [-0.25, -0.2) is 0 Å². The highest BCUT2D eigenvalue weighted by atomic mass is 16.6. The molecule has 0 aromatic heterocycles. The molecular formula is C34H56O4. The molecule has 4 nitrogen and oxygen atoms in total. The van der Waals surface area contributed by atoms with Gasteiger partial charge in [-0.15, -0.1) is 0 Å². The van der Waals surface area contributed by atoms with Crippen LogP contribution in [0.1, 0.15) is 121 Å². The third-order valence-corrected chi connectivity index (χ3v) is 12.9. The van der Waals surface area contributed by atoms with Crippen molar-refractivity contribution in [3.63, 3.8) is 0 Å². The van der Waals surface area contributed by atoms with E-state index in [-0.39, 0.29) is 45.6 Å². The van der Waals surface area contributed by atoms with Crippen LogP contribution in [0.4, 0.5) is 0 Å². The largest absolute Gasteiger partial charge is 0.459 e. The number of carbonyl (C=O) groups excluding carboxylic acids is 1. The minimum absolute atomic E-state index is 0.0474. The monoisotopic (exact) mass is 528 g/mol. The Hall–Kier alpha value is -1.13. The molecule has 0 bridgehead atoms. The first-order valence-corrected chi connectivity index (χ1v) is 15.5. The van der Waals surface area contributed by atoms with Gasteiger partial charge in [-0.2, -0.15) is 0 Å². The number of esters is 1. The Morgan fingerprint density at radius 1 is 0.974 bits per heavy atom. The average molecular weight is 529 g/mol. The number of aliphatic hydroxyl groups is 2. The number of ether oxygens (including phenoxy) is 1. The van der Waals surface area contributed by atoms with Gasteiger partial charge in [0.1, 0.15) is 12.2 Å². The number of hydrogen-bond acceptors (Lipinski definition) is 4. The molecule has 0 saturated heterocycles. The van der Waals surface area contributed by atoms with Crippen LogP contribution in [-0.2, 0) is 9.53 Å². The van der Waals surface area contributed by atoms with Crippen LogP contribution in [0.2, 0.25) is 0 Å². The zero-order valence-electron chi connectivity index (χ0n) is 26.0. The third kappa shape index (κ3) is 4.26. The summed E-state index contributed by atoms with van der Waals surface area (Å²) in [6, 6.07) is 0. The van der Waals surface area contributed by atoms with Gasteiger partial charge >= 0.3 is 5.97 Å². The topological polar surface area (TPSA) is 66.8 Å². The maximum absolute atomic E-state index is 12.2. The first-order chi connectivity index (χ1) is 17.6. The molecule has 0 aromatic rings. The first kappa shape index (κ1) is 29.8. The number of aliphatic hydroxyl groups excluding tert-OH is 2. The van der Waals surface area contributed by atoms with Crippen molar-refractivity contribution >= 4 is 5.97 Å². The summed E-state index contributed by atoms with van der Waals surface area (Å²) in [5.74, 6) is 0.850. The molecule has 9 atom stereocenters. The Bertz CT molecular complexity index is 990. The smallest absolute Gasteiger partial charge is 0.303 e.